The minimum Gasteiger partial charge on any atom is -0.387 e. The quantitative estimate of drug-likeness (QED) is 0.615. The van der Waals surface area contributed by atoms with Crippen molar-refractivity contribution in [2.75, 3.05) is 0 Å². The zero-order valence-corrected chi connectivity index (χ0v) is 10.2. The molecule has 0 amide bonds. The van der Waals surface area contributed by atoms with E-state index in [-0.39, 0.29) is 5.82 Å². The zero-order chi connectivity index (χ0) is 12.3. The molecule has 0 heterocycles. The van der Waals surface area contributed by atoms with Gasteiger partial charge < -0.3 is 5.73 Å². The molecule has 2 nitrogen and oxygen atoms in total. The average molecular weight is 234 g/mol. The van der Waals surface area contributed by atoms with Crippen LogP contribution in [0.1, 0.15) is 37.7 Å². The van der Waals surface area contributed by atoms with Crippen molar-refractivity contribution in [1.82, 2.24) is 0 Å². The van der Waals surface area contributed by atoms with E-state index in [1.807, 2.05) is 6.92 Å². The summed E-state index contributed by atoms with van der Waals surface area (Å²) in [5.41, 5.74) is 7.67. The minimum atomic E-state index is -0.224. The number of nitrogens with two attached hydrogens (primary N) is 1. The third-order valence-corrected chi connectivity index (χ3v) is 3.43. The van der Waals surface area contributed by atoms with Crippen LogP contribution in [0.5, 0.6) is 0 Å². The van der Waals surface area contributed by atoms with Crippen LogP contribution in [0.2, 0.25) is 0 Å². The Hall–Kier alpha value is -1.38. The van der Waals surface area contributed by atoms with Gasteiger partial charge in [0.25, 0.3) is 0 Å². The first kappa shape index (κ1) is 12.1. The van der Waals surface area contributed by atoms with E-state index in [4.69, 9.17) is 5.73 Å². The minimum absolute atomic E-state index is 0.224. The molecule has 1 aromatic rings. The van der Waals surface area contributed by atoms with E-state index in [0.29, 0.717) is 11.8 Å². The predicted molar refractivity (Wildman–Crippen MR) is 69.0 cm³/mol. The van der Waals surface area contributed by atoms with Crippen LogP contribution >= 0.6 is 0 Å². The van der Waals surface area contributed by atoms with Crippen molar-refractivity contribution in [3.05, 3.63) is 29.6 Å². The lowest BCUT2D eigenvalue weighted by molar-refractivity contribution is 0.437. The molecule has 2 rings (SSSR count). The second-order valence-corrected chi connectivity index (χ2v) is 4.80. The van der Waals surface area contributed by atoms with Crippen LogP contribution in [0.4, 0.5) is 10.1 Å². The Labute approximate surface area is 102 Å². The van der Waals surface area contributed by atoms with Gasteiger partial charge in [-0.05, 0) is 43.5 Å². The molecule has 0 saturated heterocycles. The lowest BCUT2D eigenvalue weighted by Gasteiger charge is -2.21. The van der Waals surface area contributed by atoms with Gasteiger partial charge in [-0.1, -0.05) is 19.3 Å². The summed E-state index contributed by atoms with van der Waals surface area (Å²) < 4.78 is 13.0. The lowest BCUT2D eigenvalue weighted by Crippen LogP contribution is -2.25. The lowest BCUT2D eigenvalue weighted by atomic mass is 9.88. The number of hydrogen-bond acceptors (Lipinski definition) is 1. The molecule has 0 spiro atoms. The summed E-state index contributed by atoms with van der Waals surface area (Å²) in [7, 11) is 0. The molecule has 92 valence electrons. The summed E-state index contributed by atoms with van der Waals surface area (Å²) in [5.74, 6) is 0.894. The van der Waals surface area contributed by atoms with Crippen LogP contribution in [0.3, 0.4) is 0 Å². The smallest absolute Gasteiger partial charge is 0.123 e. The highest BCUT2D eigenvalue weighted by Gasteiger charge is 2.17. The maximum Gasteiger partial charge on any atom is 0.123 e. The molecular weight excluding hydrogens is 215 g/mol. The summed E-state index contributed by atoms with van der Waals surface area (Å²) in [5, 5.41) is 0. The van der Waals surface area contributed by atoms with Crippen LogP contribution in [0.25, 0.3) is 0 Å². The molecule has 1 aliphatic carbocycles. The summed E-state index contributed by atoms with van der Waals surface area (Å²) in [6, 6.07) is 4.62. The number of benzene rings is 1. The number of hydrogen-bond donors (Lipinski definition) is 1. The summed E-state index contributed by atoms with van der Waals surface area (Å²) >= 11 is 0. The van der Waals surface area contributed by atoms with Gasteiger partial charge in [-0.15, -0.1) is 0 Å². The molecule has 2 N–H and O–H groups in total. The Balaban J connectivity index is 2.16. The molecule has 3 heteroatoms. The fourth-order valence-electron chi connectivity index (χ4n) is 2.37. The van der Waals surface area contributed by atoms with Crippen molar-refractivity contribution in [3.8, 4) is 0 Å². The second kappa shape index (κ2) is 5.30. The highest BCUT2D eigenvalue weighted by molar-refractivity contribution is 5.85. The largest absolute Gasteiger partial charge is 0.387 e. The first-order valence-electron chi connectivity index (χ1n) is 6.27. The van der Waals surface area contributed by atoms with Crippen molar-refractivity contribution in [2.24, 2.45) is 16.6 Å². The number of halogens is 1. The molecule has 1 fully saturated rings. The van der Waals surface area contributed by atoms with Crippen molar-refractivity contribution >= 4 is 11.5 Å². The molecule has 0 unspecified atom stereocenters. The number of rotatable bonds is 2. The Kier molecular flexibility index (Phi) is 3.77. The third-order valence-electron chi connectivity index (χ3n) is 3.43. The van der Waals surface area contributed by atoms with Gasteiger partial charge in [0.1, 0.15) is 11.7 Å². The van der Waals surface area contributed by atoms with Crippen LogP contribution < -0.4 is 5.73 Å². The van der Waals surface area contributed by atoms with Gasteiger partial charge >= 0.3 is 0 Å². The van der Waals surface area contributed by atoms with Crippen LogP contribution in [-0.2, 0) is 0 Å². The molecular formula is C14H19FN2. The van der Waals surface area contributed by atoms with Crippen LogP contribution in [0, 0.1) is 18.7 Å². The highest BCUT2D eigenvalue weighted by atomic mass is 19.1. The normalized spacial score (nSPS) is 18.4. The van der Waals surface area contributed by atoms with E-state index < -0.39 is 0 Å². The van der Waals surface area contributed by atoms with Crippen molar-refractivity contribution in [3.63, 3.8) is 0 Å². The summed E-state index contributed by atoms with van der Waals surface area (Å²) in [6.45, 7) is 1.86. The first-order valence-corrected chi connectivity index (χ1v) is 6.27. The molecule has 1 saturated carbocycles. The van der Waals surface area contributed by atoms with Crippen LogP contribution in [0.15, 0.2) is 23.2 Å². The van der Waals surface area contributed by atoms with Gasteiger partial charge in [0, 0.05) is 5.92 Å². The molecule has 1 aromatic carbocycles. The van der Waals surface area contributed by atoms with Crippen molar-refractivity contribution < 1.29 is 4.39 Å². The topological polar surface area (TPSA) is 38.4 Å². The van der Waals surface area contributed by atoms with Crippen molar-refractivity contribution in [1.29, 1.82) is 0 Å². The Morgan fingerprint density at radius 1 is 1.29 bits per heavy atom. The first-order chi connectivity index (χ1) is 8.16. The maximum absolute atomic E-state index is 13.0. The highest BCUT2D eigenvalue weighted by Crippen LogP contribution is 2.26. The number of aryl methyl sites for hydroxylation is 1. The molecule has 0 aliphatic heterocycles. The fourth-order valence-corrected chi connectivity index (χ4v) is 2.37. The Morgan fingerprint density at radius 2 is 2.00 bits per heavy atom. The van der Waals surface area contributed by atoms with E-state index in [0.717, 1.165) is 24.1 Å². The average Bonchev–Trinajstić information content (AvgIpc) is 2.34. The molecule has 0 bridgehead atoms. The molecule has 0 radical (unpaired) electrons. The number of amidine groups is 1. The van der Waals surface area contributed by atoms with E-state index in [2.05, 4.69) is 4.99 Å². The molecule has 17 heavy (non-hydrogen) atoms. The Morgan fingerprint density at radius 3 is 2.65 bits per heavy atom. The molecule has 0 aromatic heterocycles. The number of aliphatic imine (C=N–C) groups is 1. The van der Waals surface area contributed by atoms with E-state index in [1.54, 1.807) is 6.07 Å². The third kappa shape index (κ3) is 3.05. The van der Waals surface area contributed by atoms with Gasteiger partial charge in [-0.2, -0.15) is 0 Å². The van der Waals surface area contributed by atoms with Crippen LogP contribution in [-0.4, -0.2) is 5.84 Å². The summed E-state index contributed by atoms with van der Waals surface area (Å²) in [6.07, 6.45) is 6.05. The Bertz CT molecular complexity index is 420. The van der Waals surface area contributed by atoms with Crippen molar-refractivity contribution in [2.45, 2.75) is 39.0 Å². The second-order valence-electron chi connectivity index (χ2n) is 4.80. The van der Waals surface area contributed by atoms with E-state index >= 15 is 0 Å². The monoisotopic (exact) mass is 234 g/mol. The molecule has 0 atom stereocenters. The number of nitrogens with zero attached hydrogens (tertiary/aromatic N) is 1. The van der Waals surface area contributed by atoms with Gasteiger partial charge in [0.05, 0.1) is 5.69 Å². The van der Waals surface area contributed by atoms with Gasteiger partial charge in [-0.3, -0.25) is 0 Å². The van der Waals surface area contributed by atoms with Gasteiger partial charge in [-0.25, -0.2) is 9.38 Å². The van der Waals surface area contributed by atoms with Gasteiger partial charge in [0.2, 0.25) is 0 Å². The fraction of sp³-hybridized carbons (Fsp3) is 0.500. The van der Waals surface area contributed by atoms with E-state index in [9.17, 15) is 4.39 Å². The SMILES string of the molecule is Cc1cc(F)ccc1N=C(N)C1CCCCC1. The van der Waals surface area contributed by atoms with Gasteiger partial charge in [0.15, 0.2) is 0 Å². The zero-order valence-electron chi connectivity index (χ0n) is 10.2. The van der Waals surface area contributed by atoms with E-state index in [1.165, 1.54) is 31.4 Å². The molecule has 1 aliphatic rings. The standard InChI is InChI=1S/C14H19FN2/c1-10-9-12(15)7-8-13(10)17-14(16)11-5-3-2-4-6-11/h7-9,11H,2-6H2,1H3,(H2,16,17). The predicted octanol–water partition coefficient (Wildman–Crippen LogP) is 3.70. The summed E-state index contributed by atoms with van der Waals surface area (Å²) in [4.78, 5) is 4.45. The maximum atomic E-state index is 13.0.